The highest BCUT2D eigenvalue weighted by Crippen LogP contribution is 2.20. The topological polar surface area (TPSA) is 67.0 Å². The number of H-pyrrole nitrogens is 1. The number of ether oxygens (including phenoxy) is 1. The summed E-state index contributed by atoms with van der Waals surface area (Å²) < 4.78 is 5.28. The first-order valence-electron chi connectivity index (χ1n) is 7.47. The van der Waals surface area contributed by atoms with Crippen molar-refractivity contribution in [2.24, 2.45) is 5.92 Å². The number of carbonyl (C=O) groups excluding carboxylic acids is 1. The van der Waals surface area contributed by atoms with Crippen LogP contribution in [-0.2, 0) is 11.3 Å². The van der Waals surface area contributed by atoms with Gasteiger partial charge in [-0.05, 0) is 25.3 Å². The highest BCUT2D eigenvalue weighted by molar-refractivity contribution is 5.67. The van der Waals surface area contributed by atoms with Gasteiger partial charge in [-0.3, -0.25) is 0 Å². The molecule has 1 atom stereocenters. The second kappa shape index (κ2) is 7.11. The minimum absolute atomic E-state index is 0.198. The molecule has 2 N–H and O–H groups in total. The van der Waals surface area contributed by atoms with E-state index < -0.39 is 6.09 Å². The first kappa shape index (κ1) is 16.1. The fourth-order valence-electron chi connectivity index (χ4n) is 2.16. The highest BCUT2D eigenvalue weighted by atomic mass is 16.5. The highest BCUT2D eigenvalue weighted by Gasteiger charge is 2.22. The summed E-state index contributed by atoms with van der Waals surface area (Å²) in [5.41, 5.74) is 2.92. The molecule has 0 fully saturated rings. The molecule has 5 nitrogen and oxygen atoms in total. The number of aryl methyl sites for hydroxylation is 2. The summed E-state index contributed by atoms with van der Waals surface area (Å²) in [5.74, 6) is 0.968. The van der Waals surface area contributed by atoms with Crippen molar-refractivity contribution in [2.75, 3.05) is 0 Å². The van der Waals surface area contributed by atoms with E-state index >= 15 is 0 Å². The van der Waals surface area contributed by atoms with E-state index in [2.05, 4.69) is 15.3 Å². The Balaban J connectivity index is 1.97. The first-order chi connectivity index (χ1) is 10.5. The molecule has 22 heavy (non-hydrogen) atoms. The predicted octanol–water partition coefficient (Wildman–Crippen LogP) is 3.65. The molecule has 0 radical (unpaired) electrons. The number of imidazole rings is 1. The normalized spacial score (nSPS) is 12.2. The maximum absolute atomic E-state index is 12.0. The number of alkyl carbamates (subject to hydrolysis) is 1. The third kappa shape index (κ3) is 4.10. The Labute approximate surface area is 131 Å². The third-order valence-electron chi connectivity index (χ3n) is 3.59. The molecular formula is C17H23N3O2. The van der Waals surface area contributed by atoms with Crippen molar-refractivity contribution < 1.29 is 9.53 Å². The van der Waals surface area contributed by atoms with Gasteiger partial charge in [0, 0.05) is 5.69 Å². The molecule has 0 unspecified atom stereocenters. The number of carbonyl (C=O) groups is 1. The van der Waals surface area contributed by atoms with Crippen LogP contribution in [0, 0.1) is 19.8 Å². The molecule has 1 aromatic carbocycles. The lowest BCUT2D eigenvalue weighted by molar-refractivity contribution is 0.132. The molecule has 0 aliphatic rings. The Bertz CT molecular complexity index is 601. The van der Waals surface area contributed by atoms with Gasteiger partial charge in [0.15, 0.2) is 0 Å². The molecule has 1 aromatic heterocycles. The number of amides is 1. The zero-order valence-corrected chi connectivity index (χ0v) is 13.5. The molecule has 0 spiro atoms. The summed E-state index contributed by atoms with van der Waals surface area (Å²) in [5, 5.41) is 2.89. The second-order valence-corrected chi connectivity index (χ2v) is 5.76. The first-order valence-corrected chi connectivity index (χ1v) is 7.47. The van der Waals surface area contributed by atoms with Crippen LogP contribution in [0.4, 0.5) is 4.79 Å². The average Bonchev–Trinajstić information content (AvgIpc) is 2.82. The lowest BCUT2D eigenvalue weighted by Crippen LogP contribution is -2.33. The second-order valence-electron chi connectivity index (χ2n) is 5.76. The Kier molecular flexibility index (Phi) is 5.20. The summed E-state index contributed by atoms with van der Waals surface area (Å²) >= 11 is 0. The van der Waals surface area contributed by atoms with Gasteiger partial charge in [-0.1, -0.05) is 44.2 Å². The van der Waals surface area contributed by atoms with Gasteiger partial charge in [0.05, 0.1) is 11.7 Å². The molecule has 0 aliphatic heterocycles. The van der Waals surface area contributed by atoms with Crippen molar-refractivity contribution in [2.45, 2.75) is 40.3 Å². The van der Waals surface area contributed by atoms with Gasteiger partial charge in [0.1, 0.15) is 12.4 Å². The van der Waals surface area contributed by atoms with Crippen molar-refractivity contribution in [1.29, 1.82) is 0 Å². The lowest BCUT2D eigenvalue weighted by Gasteiger charge is -2.20. The average molecular weight is 301 g/mol. The standard InChI is InChI=1S/C17H23N3O2/c1-11(2)15(16-18-12(3)13(4)19-16)20-17(21)22-10-14-8-6-5-7-9-14/h5-9,11,15H,10H2,1-4H3,(H,18,19)(H,20,21)/t15-/m0/s1. The Morgan fingerprint density at radius 3 is 2.50 bits per heavy atom. The Morgan fingerprint density at radius 1 is 1.27 bits per heavy atom. The van der Waals surface area contributed by atoms with Crippen LogP contribution < -0.4 is 5.32 Å². The Hall–Kier alpha value is -2.30. The summed E-state index contributed by atoms with van der Waals surface area (Å²) in [6, 6.07) is 9.42. The molecule has 2 aromatic rings. The number of hydrogen-bond acceptors (Lipinski definition) is 3. The summed E-state index contributed by atoms with van der Waals surface area (Å²) in [6.07, 6.45) is -0.436. The molecular weight excluding hydrogens is 278 g/mol. The van der Waals surface area contributed by atoms with Crippen LogP contribution in [0.15, 0.2) is 30.3 Å². The van der Waals surface area contributed by atoms with Gasteiger partial charge in [0.25, 0.3) is 0 Å². The van der Waals surface area contributed by atoms with Crippen molar-refractivity contribution in [3.63, 3.8) is 0 Å². The molecule has 0 saturated heterocycles. The van der Waals surface area contributed by atoms with E-state index in [9.17, 15) is 4.79 Å². The van der Waals surface area contributed by atoms with Crippen molar-refractivity contribution in [3.8, 4) is 0 Å². The van der Waals surface area contributed by atoms with Crippen molar-refractivity contribution >= 4 is 6.09 Å². The quantitative estimate of drug-likeness (QED) is 0.885. The number of nitrogens with zero attached hydrogens (tertiary/aromatic N) is 1. The van der Waals surface area contributed by atoms with E-state index in [-0.39, 0.29) is 18.6 Å². The number of rotatable bonds is 5. The Morgan fingerprint density at radius 2 is 1.95 bits per heavy atom. The van der Waals surface area contributed by atoms with Crippen LogP contribution in [-0.4, -0.2) is 16.1 Å². The maximum atomic E-state index is 12.0. The molecule has 118 valence electrons. The van der Waals surface area contributed by atoms with Gasteiger partial charge >= 0.3 is 6.09 Å². The molecule has 1 amide bonds. The van der Waals surface area contributed by atoms with Gasteiger partial charge in [0.2, 0.25) is 0 Å². The minimum atomic E-state index is -0.436. The largest absolute Gasteiger partial charge is 0.445 e. The summed E-state index contributed by atoms with van der Waals surface area (Å²) in [6.45, 7) is 8.25. The number of benzene rings is 1. The van der Waals surface area contributed by atoms with E-state index in [1.807, 2.05) is 58.0 Å². The number of hydrogen-bond donors (Lipinski definition) is 2. The zero-order valence-electron chi connectivity index (χ0n) is 13.5. The number of nitrogens with one attached hydrogen (secondary N) is 2. The van der Waals surface area contributed by atoms with Crippen LogP contribution in [0.2, 0.25) is 0 Å². The van der Waals surface area contributed by atoms with Gasteiger partial charge < -0.3 is 15.0 Å². The molecule has 2 rings (SSSR count). The molecule has 0 aliphatic carbocycles. The maximum Gasteiger partial charge on any atom is 0.408 e. The molecule has 5 heteroatoms. The monoisotopic (exact) mass is 301 g/mol. The summed E-state index contributed by atoms with van der Waals surface area (Å²) in [4.78, 5) is 19.7. The van der Waals surface area contributed by atoms with E-state index in [0.29, 0.717) is 0 Å². The predicted molar refractivity (Wildman–Crippen MR) is 85.4 cm³/mol. The molecule has 0 bridgehead atoms. The smallest absolute Gasteiger partial charge is 0.408 e. The molecule has 0 saturated carbocycles. The minimum Gasteiger partial charge on any atom is -0.445 e. The van der Waals surface area contributed by atoms with Gasteiger partial charge in [-0.15, -0.1) is 0 Å². The summed E-state index contributed by atoms with van der Waals surface area (Å²) in [7, 11) is 0. The van der Waals surface area contributed by atoms with E-state index in [4.69, 9.17) is 4.74 Å². The van der Waals surface area contributed by atoms with Crippen LogP contribution in [0.3, 0.4) is 0 Å². The zero-order chi connectivity index (χ0) is 16.1. The van der Waals surface area contributed by atoms with Crippen molar-refractivity contribution in [1.82, 2.24) is 15.3 Å². The number of aromatic nitrogens is 2. The fourth-order valence-corrected chi connectivity index (χ4v) is 2.16. The number of aromatic amines is 1. The molecule has 1 heterocycles. The van der Waals surface area contributed by atoms with Crippen molar-refractivity contribution in [3.05, 3.63) is 53.1 Å². The van der Waals surface area contributed by atoms with Crippen LogP contribution >= 0.6 is 0 Å². The van der Waals surface area contributed by atoms with E-state index in [0.717, 1.165) is 22.8 Å². The van der Waals surface area contributed by atoms with Gasteiger partial charge in [-0.25, -0.2) is 9.78 Å². The lowest BCUT2D eigenvalue weighted by atomic mass is 10.0. The van der Waals surface area contributed by atoms with E-state index in [1.165, 1.54) is 0 Å². The van der Waals surface area contributed by atoms with Gasteiger partial charge in [-0.2, -0.15) is 0 Å². The SMILES string of the molecule is Cc1nc([C@@H](NC(=O)OCc2ccccc2)C(C)C)[nH]c1C. The van der Waals surface area contributed by atoms with E-state index in [1.54, 1.807) is 0 Å². The van der Waals surface area contributed by atoms with Crippen LogP contribution in [0.5, 0.6) is 0 Å². The fraction of sp³-hybridized carbons (Fsp3) is 0.412. The van der Waals surface area contributed by atoms with Crippen LogP contribution in [0.1, 0.15) is 42.7 Å². The van der Waals surface area contributed by atoms with Crippen LogP contribution in [0.25, 0.3) is 0 Å². The third-order valence-corrected chi connectivity index (χ3v) is 3.59.